The van der Waals surface area contributed by atoms with E-state index in [1.165, 1.54) is 6.92 Å². The molecular formula is C18H15NO5. The fraction of sp³-hybridized carbons (Fsp3) is 0.167. The molecule has 0 saturated carbocycles. The van der Waals surface area contributed by atoms with Gasteiger partial charge in [-0.25, -0.2) is 0 Å². The average molecular weight is 325 g/mol. The van der Waals surface area contributed by atoms with E-state index in [9.17, 15) is 14.9 Å². The number of rotatable bonds is 5. The number of ether oxygens (including phenoxy) is 1. The number of furan rings is 1. The summed E-state index contributed by atoms with van der Waals surface area (Å²) < 4.78 is 10.4. The van der Waals surface area contributed by atoms with Crippen molar-refractivity contribution in [2.75, 3.05) is 6.61 Å². The number of nitro groups is 1. The van der Waals surface area contributed by atoms with Crippen LogP contribution in [-0.4, -0.2) is 17.5 Å². The van der Waals surface area contributed by atoms with Crippen molar-refractivity contribution >= 4 is 22.8 Å². The van der Waals surface area contributed by atoms with Crippen LogP contribution in [0.25, 0.3) is 22.1 Å². The lowest BCUT2D eigenvalue weighted by atomic mass is 10.0. The maximum atomic E-state index is 11.4. The molecule has 0 bridgehead atoms. The summed E-state index contributed by atoms with van der Waals surface area (Å²) in [6.07, 6.45) is 0.530. The van der Waals surface area contributed by atoms with Gasteiger partial charge in [0.2, 0.25) is 0 Å². The molecule has 0 radical (unpaired) electrons. The summed E-state index contributed by atoms with van der Waals surface area (Å²) in [4.78, 5) is 21.7. The Bertz CT molecular complexity index is 898. The fourth-order valence-corrected chi connectivity index (χ4v) is 2.61. The first-order valence-electron chi connectivity index (χ1n) is 7.45. The van der Waals surface area contributed by atoms with Gasteiger partial charge in [-0.05, 0) is 23.3 Å². The van der Waals surface area contributed by atoms with Gasteiger partial charge in [-0.1, -0.05) is 36.4 Å². The predicted molar refractivity (Wildman–Crippen MR) is 88.6 cm³/mol. The summed E-state index contributed by atoms with van der Waals surface area (Å²) in [5.74, 6) is -0.603. The van der Waals surface area contributed by atoms with E-state index < -0.39 is 4.92 Å². The summed E-state index contributed by atoms with van der Waals surface area (Å²) in [5.41, 5.74) is 2.55. The molecule has 24 heavy (non-hydrogen) atoms. The molecule has 1 aromatic heterocycles. The molecule has 6 nitrogen and oxygen atoms in total. The molecule has 0 atom stereocenters. The number of fused-ring (bicyclic) bond motifs is 1. The van der Waals surface area contributed by atoms with Gasteiger partial charge in [0.25, 0.3) is 0 Å². The van der Waals surface area contributed by atoms with Crippen molar-refractivity contribution in [2.24, 2.45) is 0 Å². The minimum absolute atomic E-state index is 0.265. The molecule has 0 amide bonds. The van der Waals surface area contributed by atoms with E-state index in [1.54, 1.807) is 6.07 Å². The van der Waals surface area contributed by atoms with Gasteiger partial charge in [-0.15, -0.1) is 0 Å². The first-order valence-corrected chi connectivity index (χ1v) is 7.45. The van der Waals surface area contributed by atoms with Crippen molar-refractivity contribution in [1.29, 1.82) is 0 Å². The van der Waals surface area contributed by atoms with Crippen LogP contribution in [0.3, 0.4) is 0 Å². The first-order chi connectivity index (χ1) is 11.6. The quantitative estimate of drug-likeness (QED) is 0.400. The van der Waals surface area contributed by atoms with Gasteiger partial charge >= 0.3 is 11.9 Å². The number of carbonyl (C=O) groups excluding carboxylic acids is 1. The lowest BCUT2D eigenvalue weighted by molar-refractivity contribution is -0.400. The van der Waals surface area contributed by atoms with E-state index in [0.29, 0.717) is 23.0 Å². The van der Waals surface area contributed by atoms with E-state index >= 15 is 0 Å². The van der Waals surface area contributed by atoms with Gasteiger partial charge in [-0.3, -0.25) is 14.9 Å². The molecule has 0 aliphatic rings. The molecule has 0 N–H and O–H groups in total. The molecule has 0 saturated heterocycles. The largest absolute Gasteiger partial charge is 0.466 e. The highest BCUT2D eigenvalue weighted by Crippen LogP contribution is 2.40. The van der Waals surface area contributed by atoms with Gasteiger partial charge in [0.1, 0.15) is 16.1 Å². The molecule has 2 aromatic carbocycles. The topological polar surface area (TPSA) is 82.6 Å². The SMILES string of the molecule is CC(=O)OCCc1ccc2oc([N+](=O)[O-])c(-c3ccccc3)c2c1. The normalized spacial score (nSPS) is 10.7. The maximum Gasteiger partial charge on any atom is 0.442 e. The Morgan fingerprint density at radius 3 is 2.62 bits per heavy atom. The van der Waals surface area contributed by atoms with Crippen LogP contribution >= 0.6 is 0 Å². The van der Waals surface area contributed by atoms with E-state index in [-0.39, 0.29) is 18.5 Å². The van der Waals surface area contributed by atoms with E-state index in [2.05, 4.69) is 0 Å². The number of hydrogen-bond acceptors (Lipinski definition) is 5. The van der Waals surface area contributed by atoms with Crippen molar-refractivity contribution in [2.45, 2.75) is 13.3 Å². The molecule has 3 aromatic rings. The molecule has 0 spiro atoms. The Morgan fingerprint density at radius 2 is 1.96 bits per heavy atom. The summed E-state index contributed by atoms with van der Waals surface area (Å²) in [7, 11) is 0. The zero-order valence-electron chi connectivity index (χ0n) is 13.0. The zero-order valence-corrected chi connectivity index (χ0v) is 13.0. The van der Waals surface area contributed by atoms with Crippen molar-refractivity contribution in [3.63, 3.8) is 0 Å². The zero-order chi connectivity index (χ0) is 17.1. The standard InChI is InChI=1S/C18H15NO5/c1-12(20)23-10-9-13-7-8-16-15(11-13)17(18(24-16)19(21)22)14-5-3-2-4-6-14/h2-8,11H,9-10H2,1H3. The summed E-state index contributed by atoms with van der Waals surface area (Å²) in [6.45, 7) is 1.62. The average Bonchev–Trinajstić information content (AvgIpc) is 2.94. The minimum atomic E-state index is -0.513. The first kappa shape index (κ1) is 15.7. The Morgan fingerprint density at radius 1 is 1.21 bits per heavy atom. The third kappa shape index (κ3) is 3.12. The van der Waals surface area contributed by atoms with Crippen molar-refractivity contribution in [3.8, 4) is 11.1 Å². The highest BCUT2D eigenvalue weighted by molar-refractivity contribution is 5.98. The molecule has 3 rings (SSSR count). The number of hydrogen-bond donors (Lipinski definition) is 0. The number of esters is 1. The molecule has 0 aliphatic carbocycles. The van der Waals surface area contributed by atoms with Crippen LogP contribution in [0.15, 0.2) is 52.9 Å². The smallest absolute Gasteiger partial charge is 0.442 e. The maximum absolute atomic E-state index is 11.4. The van der Waals surface area contributed by atoms with Crippen LogP contribution in [0.1, 0.15) is 12.5 Å². The lowest BCUT2D eigenvalue weighted by Crippen LogP contribution is -2.03. The Kier molecular flexibility index (Phi) is 4.29. The van der Waals surface area contributed by atoms with Gasteiger partial charge in [0, 0.05) is 18.7 Å². The predicted octanol–water partition coefficient (Wildman–Crippen LogP) is 4.11. The van der Waals surface area contributed by atoms with E-state index in [1.807, 2.05) is 42.5 Å². The number of benzene rings is 2. The van der Waals surface area contributed by atoms with Crippen molar-refractivity contribution in [1.82, 2.24) is 0 Å². The third-order valence-electron chi connectivity index (χ3n) is 3.66. The van der Waals surface area contributed by atoms with Gasteiger partial charge in [0.05, 0.1) is 6.61 Å². The summed E-state index contributed by atoms with van der Waals surface area (Å²) in [6, 6.07) is 14.5. The van der Waals surface area contributed by atoms with Crippen LogP contribution < -0.4 is 0 Å². The van der Waals surface area contributed by atoms with Gasteiger partial charge in [0.15, 0.2) is 0 Å². The second kappa shape index (κ2) is 6.54. The summed E-state index contributed by atoms with van der Waals surface area (Å²) in [5, 5.41) is 12.0. The number of carbonyl (C=O) groups is 1. The number of nitrogens with zero attached hydrogens (tertiary/aromatic N) is 1. The Labute approximate surface area is 137 Å². The molecule has 0 unspecified atom stereocenters. The molecule has 122 valence electrons. The monoisotopic (exact) mass is 325 g/mol. The van der Waals surface area contributed by atoms with Crippen LogP contribution in [-0.2, 0) is 16.0 Å². The molecular weight excluding hydrogens is 310 g/mol. The van der Waals surface area contributed by atoms with Crippen molar-refractivity contribution in [3.05, 3.63) is 64.2 Å². The molecule has 1 heterocycles. The van der Waals surface area contributed by atoms with Crippen LogP contribution in [0.2, 0.25) is 0 Å². The van der Waals surface area contributed by atoms with Crippen LogP contribution in [0.4, 0.5) is 5.88 Å². The third-order valence-corrected chi connectivity index (χ3v) is 3.66. The van der Waals surface area contributed by atoms with Crippen LogP contribution in [0.5, 0.6) is 0 Å². The van der Waals surface area contributed by atoms with Gasteiger partial charge < -0.3 is 9.15 Å². The second-order valence-electron chi connectivity index (χ2n) is 5.33. The highest BCUT2D eigenvalue weighted by atomic mass is 16.6. The van der Waals surface area contributed by atoms with Crippen molar-refractivity contribution < 1.29 is 18.9 Å². The Hall–Kier alpha value is -3.15. The van der Waals surface area contributed by atoms with E-state index in [0.717, 1.165) is 11.1 Å². The molecule has 0 aliphatic heterocycles. The van der Waals surface area contributed by atoms with Crippen LogP contribution in [0, 0.1) is 10.1 Å². The Balaban J connectivity index is 2.07. The summed E-state index contributed by atoms with van der Waals surface area (Å²) >= 11 is 0. The highest BCUT2D eigenvalue weighted by Gasteiger charge is 2.25. The second-order valence-corrected chi connectivity index (χ2v) is 5.33. The molecule has 6 heteroatoms. The van der Waals surface area contributed by atoms with E-state index in [4.69, 9.17) is 9.15 Å². The molecule has 0 fully saturated rings. The minimum Gasteiger partial charge on any atom is -0.466 e. The van der Waals surface area contributed by atoms with Gasteiger partial charge in [-0.2, -0.15) is 0 Å². The lowest BCUT2D eigenvalue weighted by Gasteiger charge is -2.03. The fourth-order valence-electron chi connectivity index (χ4n) is 2.61.